The Hall–Kier alpha value is -1.06. The van der Waals surface area contributed by atoms with Gasteiger partial charge in [-0.05, 0) is 62.9 Å². The lowest BCUT2D eigenvalue weighted by atomic mass is 10.1. The number of nitrogens with one attached hydrogen (secondary N) is 1. The van der Waals surface area contributed by atoms with Crippen LogP contribution in [0.1, 0.15) is 43.4 Å². The second-order valence-electron chi connectivity index (χ2n) is 5.94. The van der Waals surface area contributed by atoms with E-state index in [4.69, 9.17) is 0 Å². The quantitative estimate of drug-likeness (QED) is 0.873. The number of phenols is 1. The van der Waals surface area contributed by atoms with Gasteiger partial charge in [-0.25, -0.2) is 0 Å². The Labute approximate surface area is 115 Å². The Morgan fingerprint density at radius 1 is 1.37 bits per heavy atom. The molecule has 0 saturated carbocycles. The molecule has 0 aromatic heterocycles. The van der Waals surface area contributed by atoms with Crippen molar-refractivity contribution in [3.63, 3.8) is 0 Å². The topological polar surface area (TPSA) is 35.5 Å². The van der Waals surface area contributed by atoms with Gasteiger partial charge in [0.15, 0.2) is 0 Å². The van der Waals surface area contributed by atoms with Crippen molar-refractivity contribution in [1.29, 1.82) is 0 Å². The van der Waals surface area contributed by atoms with E-state index < -0.39 is 0 Å². The summed E-state index contributed by atoms with van der Waals surface area (Å²) in [5, 5.41) is 13.6. The molecule has 3 heteroatoms. The van der Waals surface area contributed by atoms with E-state index in [0.717, 1.165) is 24.9 Å². The summed E-state index contributed by atoms with van der Waals surface area (Å²) in [5.74, 6) is 0.467. The molecule has 1 aliphatic carbocycles. The first-order valence-electron chi connectivity index (χ1n) is 7.54. The number of aromatic hydroxyl groups is 1. The van der Waals surface area contributed by atoms with E-state index in [1.807, 2.05) is 6.07 Å². The third-order valence-corrected chi connectivity index (χ3v) is 4.67. The SMILES string of the molecule is CC(CNC1CCc2c(O)cccc21)N1CCCC1. The predicted molar refractivity (Wildman–Crippen MR) is 77.4 cm³/mol. The van der Waals surface area contributed by atoms with E-state index >= 15 is 0 Å². The van der Waals surface area contributed by atoms with Crippen LogP contribution in [0.5, 0.6) is 5.75 Å². The van der Waals surface area contributed by atoms with E-state index in [2.05, 4.69) is 23.2 Å². The molecule has 0 amide bonds. The summed E-state index contributed by atoms with van der Waals surface area (Å²) in [5.41, 5.74) is 2.45. The average molecular weight is 260 g/mol. The van der Waals surface area contributed by atoms with Crippen molar-refractivity contribution in [2.45, 2.75) is 44.7 Å². The van der Waals surface area contributed by atoms with Crippen molar-refractivity contribution in [2.75, 3.05) is 19.6 Å². The molecule has 0 bridgehead atoms. The number of hydrogen-bond donors (Lipinski definition) is 2. The number of nitrogens with zero attached hydrogens (tertiary/aromatic N) is 1. The number of benzene rings is 1. The van der Waals surface area contributed by atoms with Gasteiger partial charge in [0, 0.05) is 18.6 Å². The minimum absolute atomic E-state index is 0.423. The van der Waals surface area contributed by atoms with E-state index in [1.54, 1.807) is 6.07 Å². The summed E-state index contributed by atoms with van der Waals surface area (Å²) in [7, 11) is 0. The van der Waals surface area contributed by atoms with Crippen LogP contribution < -0.4 is 5.32 Å². The first kappa shape index (κ1) is 12.9. The predicted octanol–water partition coefficient (Wildman–Crippen LogP) is 2.45. The summed E-state index contributed by atoms with van der Waals surface area (Å²) in [4.78, 5) is 2.57. The highest BCUT2D eigenvalue weighted by Gasteiger charge is 2.25. The highest BCUT2D eigenvalue weighted by Crippen LogP contribution is 2.36. The van der Waals surface area contributed by atoms with Crippen LogP contribution in [-0.4, -0.2) is 35.7 Å². The van der Waals surface area contributed by atoms with Crippen molar-refractivity contribution in [2.24, 2.45) is 0 Å². The minimum atomic E-state index is 0.423. The summed E-state index contributed by atoms with van der Waals surface area (Å²) >= 11 is 0. The van der Waals surface area contributed by atoms with E-state index in [0.29, 0.717) is 17.8 Å². The van der Waals surface area contributed by atoms with Crippen molar-refractivity contribution in [1.82, 2.24) is 10.2 Å². The van der Waals surface area contributed by atoms with Crippen LogP contribution in [0.25, 0.3) is 0 Å². The molecule has 3 rings (SSSR count). The van der Waals surface area contributed by atoms with Crippen LogP contribution in [0.3, 0.4) is 0 Å². The lowest BCUT2D eigenvalue weighted by molar-refractivity contribution is 0.245. The molecule has 1 aromatic carbocycles. The molecule has 0 radical (unpaired) electrons. The molecule has 1 heterocycles. The standard InChI is InChI=1S/C16H24N2O/c1-12(18-9-2-3-10-18)11-17-15-8-7-14-13(15)5-4-6-16(14)19/h4-6,12,15,17,19H,2-3,7-11H2,1H3. The van der Waals surface area contributed by atoms with E-state index in [-0.39, 0.29) is 0 Å². The van der Waals surface area contributed by atoms with Gasteiger partial charge in [-0.2, -0.15) is 0 Å². The van der Waals surface area contributed by atoms with Gasteiger partial charge in [0.05, 0.1) is 0 Å². The fourth-order valence-corrected chi connectivity index (χ4v) is 3.47. The second kappa shape index (κ2) is 5.51. The average Bonchev–Trinajstić information content (AvgIpc) is 3.06. The zero-order chi connectivity index (χ0) is 13.2. The smallest absolute Gasteiger partial charge is 0.119 e. The van der Waals surface area contributed by atoms with Crippen LogP contribution in [0, 0.1) is 0 Å². The molecule has 2 unspecified atom stereocenters. The van der Waals surface area contributed by atoms with E-state index in [9.17, 15) is 5.11 Å². The summed E-state index contributed by atoms with van der Waals surface area (Å²) in [6.07, 6.45) is 4.81. The Morgan fingerprint density at radius 2 is 2.16 bits per heavy atom. The molecule has 19 heavy (non-hydrogen) atoms. The van der Waals surface area contributed by atoms with E-state index in [1.165, 1.54) is 31.5 Å². The van der Waals surface area contributed by atoms with Crippen LogP contribution in [0.4, 0.5) is 0 Å². The van der Waals surface area contributed by atoms with Crippen molar-refractivity contribution >= 4 is 0 Å². The van der Waals surface area contributed by atoms with Gasteiger partial charge in [0.2, 0.25) is 0 Å². The number of hydrogen-bond acceptors (Lipinski definition) is 3. The third kappa shape index (κ3) is 2.63. The second-order valence-corrected chi connectivity index (χ2v) is 5.94. The minimum Gasteiger partial charge on any atom is -0.508 e. The Kier molecular flexibility index (Phi) is 3.76. The largest absolute Gasteiger partial charge is 0.508 e. The highest BCUT2D eigenvalue weighted by atomic mass is 16.3. The molecular formula is C16H24N2O. The van der Waals surface area contributed by atoms with Crippen molar-refractivity contribution < 1.29 is 5.11 Å². The normalized spacial score (nSPS) is 24.6. The molecule has 2 atom stereocenters. The zero-order valence-electron chi connectivity index (χ0n) is 11.7. The Morgan fingerprint density at radius 3 is 2.95 bits per heavy atom. The van der Waals surface area contributed by atoms with Gasteiger partial charge in [-0.15, -0.1) is 0 Å². The fourth-order valence-electron chi connectivity index (χ4n) is 3.47. The van der Waals surface area contributed by atoms with Gasteiger partial charge >= 0.3 is 0 Å². The van der Waals surface area contributed by atoms with Crippen LogP contribution in [-0.2, 0) is 6.42 Å². The Balaban J connectivity index is 1.59. The molecule has 1 saturated heterocycles. The molecule has 104 valence electrons. The maximum atomic E-state index is 9.86. The molecule has 0 spiro atoms. The number of likely N-dealkylation sites (tertiary alicyclic amines) is 1. The number of phenolic OH excluding ortho intramolecular Hbond substituents is 1. The number of fused-ring (bicyclic) bond motifs is 1. The van der Waals surface area contributed by atoms with Crippen LogP contribution in [0.2, 0.25) is 0 Å². The first-order valence-corrected chi connectivity index (χ1v) is 7.54. The molecule has 3 nitrogen and oxygen atoms in total. The van der Waals surface area contributed by atoms with Crippen LogP contribution >= 0.6 is 0 Å². The lowest BCUT2D eigenvalue weighted by Gasteiger charge is -2.26. The molecule has 1 fully saturated rings. The van der Waals surface area contributed by atoms with Gasteiger partial charge in [-0.3, -0.25) is 4.90 Å². The summed E-state index contributed by atoms with van der Waals surface area (Å²) < 4.78 is 0. The van der Waals surface area contributed by atoms with Gasteiger partial charge in [0.1, 0.15) is 5.75 Å². The summed E-state index contributed by atoms with van der Waals surface area (Å²) in [6, 6.07) is 6.95. The molecule has 2 N–H and O–H groups in total. The van der Waals surface area contributed by atoms with Gasteiger partial charge in [0.25, 0.3) is 0 Å². The monoisotopic (exact) mass is 260 g/mol. The highest BCUT2D eigenvalue weighted by molar-refractivity contribution is 5.44. The first-order chi connectivity index (χ1) is 9.25. The van der Waals surface area contributed by atoms with Gasteiger partial charge in [-0.1, -0.05) is 12.1 Å². The van der Waals surface area contributed by atoms with Crippen molar-refractivity contribution in [3.05, 3.63) is 29.3 Å². The Bertz CT molecular complexity index is 440. The van der Waals surface area contributed by atoms with Crippen LogP contribution in [0.15, 0.2) is 18.2 Å². The maximum Gasteiger partial charge on any atom is 0.119 e. The molecule has 2 aliphatic rings. The van der Waals surface area contributed by atoms with Gasteiger partial charge < -0.3 is 10.4 Å². The third-order valence-electron chi connectivity index (χ3n) is 4.67. The molecule has 1 aliphatic heterocycles. The zero-order valence-corrected chi connectivity index (χ0v) is 11.7. The molecule has 1 aromatic rings. The van der Waals surface area contributed by atoms with Crippen molar-refractivity contribution in [3.8, 4) is 5.75 Å². The number of rotatable bonds is 4. The fraction of sp³-hybridized carbons (Fsp3) is 0.625. The molecular weight excluding hydrogens is 236 g/mol. The lowest BCUT2D eigenvalue weighted by Crippen LogP contribution is -2.39. The maximum absolute atomic E-state index is 9.86. The summed E-state index contributed by atoms with van der Waals surface area (Å²) in [6.45, 7) is 5.87.